The van der Waals surface area contributed by atoms with Crippen LogP contribution in [0.2, 0.25) is 0 Å². The Morgan fingerprint density at radius 2 is 1.55 bits per heavy atom. The molecule has 0 fully saturated rings. The molecule has 0 atom stereocenters. The normalized spacial score (nSPS) is 11.0. The highest BCUT2D eigenvalue weighted by Gasteiger charge is 2.06. The molecule has 0 saturated heterocycles. The highest BCUT2D eigenvalue weighted by Crippen LogP contribution is 2.28. The Bertz CT molecular complexity index is 726. The first-order valence-corrected chi connectivity index (χ1v) is 11.0. The SMILES string of the molecule is CCCCCCCCCOc1ccc(/C=N/Nc2ccc(C)cc2)cc1OCC. The summed E-state index contributed by atoms with van der Waals surface area (Å²) in [4.78, 5) is 0. The van der Waals surface area contributed by atoms with Gasteiger partial charge in [0.1, 0.15) is 0 Å². The van der Waals surface area contributed by atoms with Gasteiger partial charge >= 0.3 is 0 Å². The van der Waals surface area contributed by atoms with Gasteiger partial charge in [-0.25, -0.2) is 0 Å². The third kappa shape index (κ3) is 9.03. The summed E-state index contributed by atoms with van der Waals surface area (Å²) in [5, 5.41) is 4.32. The molecule has 0 unspecified atom stereocenters. The largest absolute Gasteiger partial charge is 0.490 e. The van der Waals surface area contributed by atoms with E-state index in [1.165, 1.54) is 44.1 Å². The fourth-order valence-corrected chi connectivity index (χ4v) is 3.04. The first-order chi connectivity index (χ1) is 14.2. The van der Waals surface area contributed by atoms with Crippen molar-refractivity contribution in [3.05, 3.63) is 53.6 Å². The molecule has 158 valence electrons. The Kier molecular flexibility index (Phi) is 10.7. The second-order valence-electron chi connectivity index (χ2n) is 7.34. The van der Waals surface area contributed by atoms with Gasteiger partial charge in [-0.3, -0.25) is 5.43 Å². The maximum Gasteiger partial charge on any atom is 0.161 e. The summed E-state index contributed by atoms with van der Waals surface area (Å²) in [5.41, 5.74) is 6.21. The maximum absolute atomic E-state index is 5.97. The van der Waals surface area contributed by atoms with E-state index >= 15 is 0 Å². The number of hydrogen-bond donors (Lipinski definition) is 1. The molecule has 0 aliphatic heterocycles. The third-order valence-electron chi connectivity index (χ3n) is 4.73. The topological polar surface area (TPSA) is 42.8 Å². The van der Waals surface area contributed by atoms with E-state index < -0.39 is 0 Å². The molecule has 0 saturated carbocycles. The van der Waals surface area contributed by atoms with E-state index in [1.807, 2.05) is 37.3 Å². The van der Waals surface area contributed by atoms with Crippen molar-refractivity contribution in [3.8, 4) is 11.5 Å². The van der Waals surface area contributed by atoms with Crippen molar-refractivity contribution in [1.29, 1.82) is 0 Å². The average molecular weight is 397 g/mol. The first-order valence-electron chi connectivity index (χ1n) is 11.0. The van der Waals surface area contributed by atoms with Crippen LogP contribution in [-0.2, 0) is 0 Å². The molecule has 29 heavy (non-hydrogen) atoms. The van der Waals surface area contributed by atoms with Crippen molar-refractivity contribution in [2.24, 2.45) is 5.10 Å². The van der Waals surface area contributed by atoms with Crippen molar-refractivity contribution in [2.75, 3.05) is 18.6 Å². The smallest absolute Gasteiger partial charge is 0.161 e. The number of nitrogens with zero attached hydrogens (tertiary/aromatic N) is 1. The van der Waals surface area contributed by atoms with E-state index in [0.29, 0.717) is 6.61 Å². The Morgan fingerprint density at radius 1 is 0.828 bits per heavy atom. The summed E-state index contributed by atoms with van der Waals surface area (Å²) < 4.78 is 11.7. The fourth-order valence-electron chi connectivity index (χ4n) is 3.04. The number of nitrogens with one attached hydrogen (secondary N) is 1. The molecule has 2 aromatic carbocycles. The molecule has 4 heteroatoms. The zero-order valence-corrected chi connectivity index (χ0v) is 18.2. The highest BCUT2D eigenvalue weighted by molar-refractivity contribution is 5.81. The van der Waals surface area contributed by atoms with Crippen LogP contribution in [0.4, 0.5) is 5.69 Å². The number of rotatable bonds is 14. The Balaban J connectivity index is 1.82. The van der Waals surface area contributed by atoms with E-state index in [9.17, 15) is 0 Å². The van der Waals surface area contributed by atoms with Crippen molar-refractivity contribution < 1.29 is 9.47 Å². The van der Waals surface area contributed by atoms with Crippen LogP contribution in [0.1, 0.15) is 69.9 Å². The predicted molar refractivity (Wildman–Crippen MR) is 123 cm³/mol. The van der Waals surface area contributed by atoms with Crippen LogP contribution in [0.15, 0.2) is 47.6 Å². The summed E-state index contributed by atoms with van der Waals surface area (Å²) in [5.74, 6) is 1.58. The summed E-state index contributed by atoms with van der Waals surface area (Å²) in [6.07, 6.45) is 10.7. The highest BCUT2D eigenvalue weighted by atomic mass is 16.5. The minimum absolute atomic E-state index is 0.607. The lowest BCUT2D eigenvalue weighted by Gasteiger charge is -2.12. The zero-order chi connectivity index (χ0) is 20.7. The van der Waals surface area contributed by atoms with Gasteiger partial charge in [0.15, 0.2) is 11.5 Å². The summed E-state index contributed by atoms with van der Waals surface area (Å²) in [7, 11) is 0. The number of hydrazone groups is 1. The molecule has 0 aromatic heterocycles. The molecule has 4 nitrogen and oxygen atoms in total. The van der Waals surface area contributed by atoms with Gasteiger partial charge in [0, 0.05) is 0 Å². The second-order valence-corrected chi connectivity index (χ2v) is 7.34. The van der Waals surface area contributed by atoms with E-state index in [0.717, 1.165) is 35.8 Å². The number of hydrogen-bond acceptors (Lipinski definition) is 4. The standard InChI is InChI=1S/C25H36N2O2/c1-4-6-7-8-9-10-11-18-29-24-17-14-22(19-25(24)28-5-2)20-26-27-23-15-12-21(3)13-16-23/h12-17,19-20,27H,4-11,18H2,1-3H3/b26-20+. The van der Waals surface area contributed by atoms with Crippen LogP contribution in [0.3, 0.4) is 0 Å². The van der Waals surface area contributed by atoms with E-state index in [4.69, 9.17) is 9.47 Å². The molecule has 2 aromatic rings. The first kappa shape index (κ1) is 22.8. The van der Waals surface area contributed by atoms with Crippen LogP contribution < -0.4 is 14.9 Å². The van der Waals surface area contributed by atoms with Gasteiger partial charge in [0.25, 0.3) is 0 Å². The van der Waals surface area contributed by atoms with Crippen LogP contribution >= 0.6 is 0 Å². The molecule has 2 rings (SSSR count). The minimum atomic E-state index is 0.607. The maximum atomic E-state index is 5.97. The lowest BCUT2D eigenvalue weighted by molar-refractivity contribution is 0.270. The van der Waals surface area contributed by atoms with Crippen molar-refractivity contribution >= 4 is 11.9 Å². The lowest BCUT2D eigenvalue weighted by Crippen LogP contribution is -2.02. The molecular formula is C25H36N2O2. The van der Waals surface area contributed by atoms with Crippen LogP contribution in [0.5, 0.6) is 11.5 Å². The molecule has 0 amide bonds. The summed E-state index contributed by atoms with van der Waals surface area (Å²) in [6.45, 7) is 7.65. The third-order valence-corrected chi connectivity index (χ3v) is 4.73. The van der Waals surface area contributed by atoms with E-state index in [-0.39, 0.29) is 0 Å². The molecule has 0 aliphatic carbocycles. The van der Waals surface area contributed by atoms with Gasteiger partial charge in [-0.15, -0.1) is 0 Å². The average Bonchev–Trinajstić information content (AvgIpc) is 2.73. The monoisotopic (exact) mass is 396 g/mol. The van der Waals surface area contributed by atoms with Crippen LogP contribution in [0, 0.1) is 6.92 Å². The Labute approximate surface area is 176 Å². The zero-order valence-electron chi connectivity index (χ0n) is 18.2. The molecule has 0 spiro atoms. The lowest BCUT2D eigenvalue weighted by atomic mass is 10.1. The van der Waals surface area contributed by atoms with Gasteiger partial charge in [-0.2, -0.15) is 5.10 Å². The van der Waals surface area contributed by atoms with Gasteiger partial charge < -0.3 is 9.47 Å². The molecule has 0 bridgehead atoms. The Morgan fingerprint density at radius 3 is 2.28 bits per heavy atom. The molecule has 0 heterocycles. The van der Waals surface area contributed by atoms with E-state index in [2.05, 4.69) is 36.5 Å². The van der Waals surface area contributed by atoms with E-state index in [1.54, 1.807) is 6.21 Å². The molecule has 0 aliphatic rings. The summed E-state index contributed by atoms with van der Waals surface area (Å²) >= 11 is 0. The Hall–Kier alpha value is -2.49. The fraction of sp³-hybridized carbons (Fsp3) is 0.480. The molecule has 0 radical (unpaired) electrons. The van der Waals surface area contributed by atoms with Crippen molar-refractivity contribution in [2.45, 2.75) is 65.7 Å². The number of ether oxygens (including phenoxy) is 2. The number of aryl methyl sites for hydroxylation is 1. The molecular weight excluding hydrogens is 360 g/mol. The minimum Gasteiger partial charge on any atom is -0.490 e. The van der Waals surface area contributed by atoms with Gasteiger partial charge in [-0.05, 0) is 56.2 Å². The van der Waals surface area contributed by atoms with Crippen molar-refractivity contribution in [1.82, 2.24) is 0 Å². The van der Waals surface area contributed by atoms with Crippen molar-refractivity contribution in [3.63, 3.8) is 0 Å². The second kappa shape index (κ2) is 13.6. The number of anilines is 1. The number of benzene rings is 2. The predicted octanol–water partition coefficient (Wildman–Crippen LogP) is 6.97. The quantitative estimate of drug-likeness (QED) is 0.213. The number of unbranched alkanes of at least 4 members (excludes halogenated alkanes) is 6. The van der Waals surface area contributed by atoms with Gasteiger partial charge in [-0.1, -0.05) is 63.1 Å². The van der Waals surface area contributed by atoms with Gasteiger partial charge in [0.2, 0.25) is 0 Å². The van der Waals surface area contributed by atoms with Gasteiger partial charge in [0.05, 0.1) is 25.1 Å². The summed E-state index contributed by atoms with van der Waals surface area (Å²) in [6, 6.07) is 14.1. The van der Waals surface area contributed by atoms with Crippen LogP contribution in [-0.4, -0.2) is 19.4 Å². The molecule has 1 N–H and O–H groups in total. The van der Waals surface area contributed by atoms with Crippen LogP contribution in [0.25, 0.3) is 0 Å².